The summed E-state index contributed by atoms with van der Waals surface area (Å²) in [5.41, 5.74) is 12.4. The molecule has 0 aliphatic heterocycles. The number of hydrogen-bond acceptors (Lipinski definition) is 7. The van der Waals surface area contributed by atoms with Crippen LogP contribution in [0.4, 0.5) is 5.82 Å². The van der Waals surface area contributed by atoms with Crippen LogP contribution < -0.4 is 11.5 Å². The molecular weight excluding hydrogens is 236 g/mol. The van der Waals surface area contributed by atoms with E-state index in [2.05, 4.69) is 15.0 Å². The van der Waals surface area contributed by atoms with Gasteiger partial charge >= 0.3 is 5.97 Å². The summed E-state index contributed by atoms with van der Waals surface area (Å²) in [7, 11) is 0. The van der Waals surface area contributed by atoms with Crippen LogP contribution in [0, 0.1) is 0 Å². The van der Waals surface area contributed by atoms with Gasteiger partial charge in [-0.1, -0.05) is 0 Å². The van der Waals surface area contributed by atoms with Crippen LogP contribution in [0.2, 0.25) is 0 Å². The Balaban J connectivity index is 2.22. The number of carbonyl (C=O) groups is 1. The Hall–Kier alpha value is -2.22. The van der Waals surface area contributed by atoms with Crippen molar-refractivity contribution < 1.29 is 9.53 Å². The zero-order valence-corrected chi connectivity index (χ0v) is 9.91. The van der Waals surface area contributed by atoms with Crippen molar-refractivity contribution in [2.24, 2.45) is 5.73 Å². The van der Waals surface area contributed by atoms with Gasteiger partial charge in [-0.3, -0.25) is 4.79 Å². The molecular formula is C10H14N6O2. The maximum absolute atomic E-state index is 11.4. The first-order valence-electron chi connectivity index (χ1n) is 5.47. The van der Waals surface area contributed by atoms with Crippen LogP contribution >= 0.6 is 0 Å². The zero-order valence-electron chi connectivity index (χ0n) is 9.91. The minimum absolute atomic E-state index is 0.228. The number of fused-ring (bicyclic) bond motifs is 1. The highest BCUT2D eigenvalue weighted by Crippen LogP contribution is 2.14. The van der Waals surface area contributed by atoms with Gasteiger partial charge in [0.15, 0.2) is 11.5 Å². The minimum Gasteiger partial charge on any atom is -0.465 e. The monoisotopic (exact) mass is 250 g/mol. The van der Waals surface area contributed by atoms with E-state index in [1.165, 1.54) is 12.7 Å². The van der Waals surface area contributed by atoms with Crippen LogP contribution in [0.5, 0.6) is 0 Å². The lowest BCUT2D eigenvalue weighted by molar-refractivity contribution is -0.144. The Labute approximate surface area is 103 Å². The zero-order chi connectivity index (χ0) is 13.1. The molecule has 8 heteroatoms. The van der Waals surface area contributed by atoms with Crippen molar-refractivity contribution in [2.45, 2.75) is 19.5 Å². The van der Waals surface area contributed by atoms with Crippen molar-refractivity contribution in [1.82, 2.24) is 19.5 Å². The number of aromatic nitrogens is 4. The van der Waals surface area contributed by atoms with Gasteiger partial charge in [-0.05, 0) is 6.92 Å². The summed E-state index contributed by atoms with van der Waals surface area (Å²) in [5.74, 6) is -0.162. The predicted octanol–water partition coefficient (Wildman–Crippen LogP) is -0.701. The molecule has 2 aromatic heterocycles. The normalized spacial score (nSPS) is 12.6. The summed E-state index contributed by atoms with van der Waals surface area (Å²) in [6, 6.07) is -0.765. The van der Waals surface area contributed by atoms with Crippen molar-refractivity contribution in [3.63, 3.8) is 0 Å². The molecule has 2 heterocycles. The SMILES string of the molecule is CCOC(=O)[C@@H](N)Cn1cnc2c(N)ncnc21. The maximum Gasteiger partial charge on any atom is 0.324 e. The first-order valence-corrected chi connectivity index (χ1v) is 5.47. The lowest BCUT2D eigenvalue weighted by Crippen LogP contribution is -2.36. The molecule has 8 nitrogen and oxygen atoms in total. The Kier molecular flexibility index (Phi) is 3.38. The van der Waals surface area contributed by atoms with Gasteiger partial charge in [0.05, 0.1) is 19.5 Å². The van der Waals surface area contributed by atoms with Gasteiger partial charge in [0.1, 0.15) is 17.9 Å². The summed E-state index contributed by atoms with van der Waals surface area (Å²) in [6.07, 6.45) is 2.86. The molecule has 0 unspecified atom stereocenters. The Morgan fingerprint density at radius 2 is 2.28 bits per heavy atom. The molecule has 0 saturated carbocycles. The number of nitrogens with two attached hydrogens (primary N) is 2. The fourth-order valence-electron chi connectivity index (χ4n) is 1.57. The highest BCUT2D eigenvalue weighted by molar-refractivity contribution is 5.81. The molecule has 4 N–H and O–H groups in total. The first kappa shape index (κ1) is 12.2. The predicted molar refractivity (Wildman–Crippen MR) is 64.3 cm³/mol. The second kappa shape index (κ2) is 4.96. The molecule has 0 amide bonds. The van der Waals surface area contributed by atoms with E-state index in [-0.39, 0.29) is 6.54 Å². The van der Waals surface area contributed by atoms with Gasteiger partial charge in [-0.15, -0.1) is 0 Å². The smallest absolute Gasteiger partial charge is 0.324 e. The number of imidazole rings is 1. The largest absolute Gasteiger partial charge is 0.465 e. The molecule has 18 heavy (non-hydrogen) atoms. The number of nitrogen functional groups attached to an aromatic ring is 1. The van der Waals surface area contributed by atoms with Crippen LogP contribution in [0.3, 0.4) is 0 Å². The second-order valence-corrected chi connectivity index (χ2v) is 3.69. The van der Waals surface area contributed by atoms with Crippen LogP contribution in [-0.2, 0) is 16.1 Å². The lowest BCUT2D eigenvalue weighted by Gasteiger charge is -2.11. The Bertz CT molecular complexity index is 566. The fraction of sp³-hybridized carbons (Fsp3) is 0.400. The van der Waals surface area contributed by atoms with Crippen LogP contribution in [0.25, 0.3) is 11.2 Å². The fourth-order valence-corrected chi connectivity index (χ4v) is 1.57. The molecule has 0 spiro atoms. The van der Waals surface area contributed by atoms with Gasteiger partial charge in [0.25, 0.3) is 0 Å². The lowest BCUT2D eigenvalue weighted by atomic mass is 10.3. The third-order valence-electron chi connectivity index (χ3n) is 2.41. The van der Waals surface area contributed by atoms with Crippen LogP contribution in [0.1, 0.15) is 6.92 Å². The van der Waals surface area contributed by atoms with Gasteiger partial charge < -0.3 is 20.8 Å². The molecule has 0 aromatic carbocycles. The topological polar surface area (TPSA) is 122 Å². The minimum atomic E-state index is -0.765. The van der Waals surface area contributed by atoms with Gasteiger partial charge in [0, 0.05) is 0 Å². The Morgan fingerprint density at radius 1 is 1.50 bits per heavy atom. The molecule has 0 radical (unpaired) electrons. The summed E-state index contributed by atoms with van der Waals surface area (Å²) >= 11 is 0. The molecule has 0 bridgehead atoms. The average molecular weight is 250 g/mol. The highest BCUT2D eigenvalue weighted by Gasteiger charge is 2.17. The maximum atomic E-state index is 11.4. The van der Waals surface area contributed by atoms with Crippen LogP contribution in [0.15, 0.2) is 12.7 Å². The van der Waals surface area contributed by atoms with E-state index in [1.54, 1.807) is 11.5 Å². The van der Waals surface area contributed by atoms with E-state index in [9.17, 15) is 4.79 Å². The van der Waals surface area contributed by atoms with Gasteiger partial charge in [-0.25, -0.2) is 15.0 Å². The summed E-state index contributed by atoms with van der Waals surface area (Å²) in [4.78, 5) is 23.4. The molecule has 0 aliphatic rings. The first-order chi connectivity index (χ1) is 8.63. The van der Waals surface area contributed by atoms with E-state index in [0.29, 0.717) is 23.6 Å². The highest BCUT2D eigenvalue weighted by atomic mass is 16.5. The molecule has 2 rings (SSSR count). The Morgan fingerprint density at radius 3 is 3.00 bits per heavy atom. The van der Waals surface area contributed by atoms with E-state index < -0.39 is 12.0 Å². The standard InChI is InChI=1S/C10H14N6O2/c1-2-18-10(17)6(11)3-16-5-15-7-8(12)13-4-14-9(7)16/h4-6H,2-3,11H2,1H3,(H2,12,13,14)/t6-/m0/s1. The van der Waals surface area contributed by atoms with Crippen molar-refractivity contribution in [1.29, 1.82) is 0 Å². The van der Waals surface area contributed by atoms with E-state index >= 15 is 0 Å². The van der Waals surface area contributed by atoms with Crippen molar-refractivity contribution in [3.05, 3.63) is 12.7 Å². The van der Waals surface area contributed by atoms with E-state index in [0.717, 1.165) is 0 Å². The molecule has 1 atom stereocenters. The van der Waals surface area contributed by atoms with Crippen molar-refractivity contribution in [3.8, 4) is 0 Å². The summed E-state index contributed by atoms with van der Waals surface area (Å²) in [5, 5.41) is 0. The quantitative estimate of drug-likeness (QED) is 0.688. The molecule has 2 aromatic rings. The summed E-state index contributed by atoms with van der Waals surface area (Å²) in [6.45, 7) is 2.25. The number of esters is 1. The molecule has 96 valence electrons. The molecule has 0 aliphatic carbocycles. The number of carbonyl (C=O) groups excluding carboxylic acids is 1. The average Bonchev–Trinajstić information content (AvgIpc) is 2.74. The third-order valence-corrected chi connectivity index (χ3v) is 2.41. The van der Waals surface area contributed by atoms with Crippen LogP contribution in [-0.4, -0.2) is 38.1 Å². The van der Waals surface area contributed by atoms with Crippen molar-refractivity contribution >= 4 is 23.0 Å². The number of nitrogens with zero attached hydrogens (tertiary/aromatic N) is 4. The number of ether oxygens (including phenoxy) is 1. The number of hydrogen-bond donors (Lipinski definition) is 2. The second-order valence-electron chi connectivity index (χ2n) is 3.69. The van der Waals surface area contributed by atoms with Crippen molar-refractivity contribution in [2.75, 3.05) is 12.3 Å². The summed E-state index contributed by atoms with van der Waals surface area (Å²) < 4.78 is 6.48. The third kappa shape index (κ3) is 2.23. The molecule has 0 fully saturated rings. The van der Waals surface area contributed by atoms with Gasteiger partial charge in [0.2, 0.25) is 0 Å². The van der Waals surface area contributed by atoms with E-state index in [1.807, 2.05) is 0 Å². The number of anilines is 1. The number of rotatable bonds is 4. The van der Waals surface area contributed by atoms with Gasteiger partial charge in [-0.2, -0.15) is 0 Å². The van der Waals surface area contributed by atoms with E-state index in [4.69, 9.17) is 16.2 Å². The molecule has 0 saturated heterocycles.